The Morgan fingerprint density at radius 1 is 1.30 bits per heavy atom. The maximum atomic E-state index is 14.6. The van der Waals surface area contributed by atoms with Crippen LogP contribution < -0.4 is 16.5 Å². The number of carbonyl (C=O) groups is 1. The molecule has 0 aromatic carbocycles. The molecule has 0 atom stereocenters. The third-order valence-electron chi connectivity index (χ3n) is 5.65. The van der Waals surface area contributed by atoms with Gasteiger partial charge in [-0.05, 0) is 57.1 Å². The van der Waals surface area contributed by atoms with Crippen molar-refractivity contribution in [3.05, 3.63) is 33.9 Å². The number of rotatable bonds is 5. The van der Waals surface area contributed by atoms with E-state index < -0.39 is 17.2 Å². The van der Waals surface area contributed by atoms with E-state index in [2.05, 4.69) is 10.3 Å². The maximum absolute atomic E-state index is 14.6. The SMILES string of the molecule is NCC1CCC(Nc2nc3c(cc2F)c(=O)c(C(=O)O)cn3C2CC2)CC1. The summed E-state index contributed by atoms with van der Waals surface area (Å²) in [5, 5.41) is 12.5. The lowest BCUT2D eigenvalue weighted by atomic mass is 9.86. The molecule has 27 heavy (non-hydrogen) atoms. The summed E-state index contributed by atoms with van der Waals surface area (Å²) in [6.45, 7) is 0.675. The van der Waals surface area contributed by atoms with Gasteiger partial charge >= 0.3 is 5.97 Å². The van der Waals surface area contributed by atoms with Crippen LogP contribution >= 0.6 is 0 Å². The number of aromatic carboxylic acids is 1. The third-order valence-corrected chi connectivity index (χ3v) is 5.65. The van der Waals surface area contributed by atoms with Crippen LogP contribution in [-0.2, 0) is 0 Å². The second-order valence-electron chi connectivity index (χ2n) is 7.60. The topological polar surface area (TPSA) is 110 Å². The summed E-state index contributed by atoms with van der Waals surface area (Å²) in [5.74, 6) is -1.30. The van der Waals surface area contributed by atoms with Crippen molar-refractivity contribution in [3.63, 3.8) is 0 Å². The van der Waals surface area contributed by atoms with Gasteiger partial charge in [-0.15, -0.1) is 0 Å². The summed E-state index contributed by atoms with van der Waals surface area (Å²) in [5.41, 5.74) is 5.01. The van der Waals surface area contributed by atoms with Gasteiger partial charge in [0.2, 0.25) is 5.43 Å². The highest BCUT2D eigenvalue weighted by atomic mass is 19.1. The van der Waals surface area contributed by atoms with Crippen molar-refractivity contribution < 1.29 is 14.3 Å². The fourth-order valence-electron chi connectivity index (χ4n) is 3.87. The van der Waals surface area contributed by atoms with Crippen LogP contribution in [0.25, 0.3) is 11.0 Å². The van der Waals surface area contributed by atoms with Crippen LogP contribution in [-0.4, -0.2) is 33.2 Å². The number of hydrogen-bond donors (Lipinski definition) is 3. The average Bonchev–Trinajstić information content (AvgIpc) is 3.49. The fourth-order valence-corrected chi connectivity index (χ4v) is 3.87. The van der Waals surface area contributed by atoms with Crippen molar-refractivity contribution in [3.8, 4) is 0 Å². The Hall–Kier alpha value is -2.48. The molecule has 2 aliphatic carbocycles. The van der Waals surface area contributed by atoms with Crippen molar-refractivity contribution >= 4 is 22.8 Å². The Balaban J connectivity index is 1.72. The Bertz CT molecular complexity index is 946. The van der Waals surface area contributed by atoms with E-state index in [-0.39, 0.29) is 28.9 Å². The first-order valence-corrected chi connectivity index (χ1v) is 9.43. The number of hydrogen-bond acceptors (Lipinski definition) is 5. The zero-order chi connectivity index (χ0) is 19.1. The average molecular weight is 374 g/mol. The van der Waals surface area contributed by atoms with Crippen LogP contribution in [0.3, 0.4) is 0 Å². The molecule has 0 unspecified atom stereocenters. The van der Waals surface area contributed by atoms with Gasteiger partial charge in [-0.25, -0.2) is 14.2 Å². The summed E-state index contributed by atoms with van der Waals surface area (Å²) in [6.07, 6.45) is 6.91. The third kappa shape index (κ3) is 3.41. The molecular weight excluding hydrogens is 351 g/mol. The minimum atomic E-state index is -1.31. The molecule has 0 saturated heterocycles. The first-order chi connectivity index (χ1) is 13.0. The monoisotopic (exact) mass is 374 g/mol. The molecule has 2 aromatic heterocycles. The molecule has 0 aliphatic heterocycles. The van der Waals surface area contributed by atoms with E-state index in [0.29, 0.717) is 18.1 Å². The summed E-state index contributed by atoms with van der Waals surface area (Å²) >= 11 is 0. The van der Waals surface area contributed by atoms with Crippen LogP contribution in [0.4, 0.5) is 10.2 Å². The summed E-state index contributed by atoms with van der Waals surface area (Å²) in [4.78, 5) is 28.2. The van der Waals surface area contributed by atoms with Gasteiger partial charge in [0.1, 0.15) is 11.2 Å². The molecule has 7 nitrogen and oxygen atoms in total. The minimum absolute atomic E-state index is 0.0108. The standard InChI is InChI=1S/C19H23FN4O3/c20-15-7-13-16(25)14(19(26)27)9-24(12-5-6-12)18(13)23-17(15)22-11-3-1-10(8-21)2-4-11/h7,9-12H,1-6,8,21H2,(H,22,23)(H,26,27). The van der Waals surface area contributed by atoms with Crippen molar-refractivity contribution in [1.29, 1.82) is 0 Å². The highest BCUT2D eigenvalue weighted by Gasteiger charge is 2.28. The molecule has 2 saturated carbocycles. The molecule has 2 aliphatic rings. The first-order valence-electron chi connectivity index (χ1n) is 9.43. The van der Waals surface area contributed by atoms with Gasteiger partial charge in [-0.3, -0.25) is 4.79 Å². The number of carboxylic acids is 1. The van der Waals surface area contributed by atoms with Crippen molar-refractivity contribution in [1.82, 2.24) is 9.55 Å². The quantitative estimate of drug-likeness (QED) is 0.742. The number of nitrogens with one attached hydrogen (secondary N) is 1. The van der Waals surface area contributed by atoms with Crippen molar-refractivity contribution in [2.24, 2.45) is 11.7 Å². The normalized spacial score (nSPS) is 22.7. The number of anilines is 1. The summed E-state index contributed by atoms with van der Waals surface area (Å²) in [7, 11) is 0. The van der Waals surface area contributed by atoms with E-state index in [9.17, 15) is 19.1 Å². The van der Waals surface area contributed by atoms with E-state index in [1.165, 1.54) is 6.20 Å². The number of fused-ring (bicyclic) bond motifs is 1. The highest BCUT2D eigenvalue weighted by molar-refractivity contribution is 5.92. The molecule has 2 aromatic rings. The van der Waals surface area contributed by atoms with Gasteiger partial charge in [0, 0.05) is 18.3 Å². The Labute approximate surface area is 155 Å². The van der Waals surface area contributed by atoms with Gasteiger partial charge in [0.15, 0.2) is 11.6 Å². The van der Waals surface area contributed by atoms with E-state index in [4.69, 9.17) is 5.73 Å². The number of halogens is 1. The molecular formula is C19H23FN4O3. The number of pyridine rings is 2. The number of nitrogens with two attached hydrogens (primary N) is 1. The Kier molecular flexibility index (Phi) is 4.59. The Morgan fingerprint density at radius 3 is 2.59 bits per heavy atom. The second-order valence-corrected chi connectivity index (χ2v) is 7.60. The molecule has 0 bridgehead atoms. The zero-order valence-corrected chi connectivity index (χ0v) is 14.9. The molecule has 4 rings (SSSR count). The number of aromatic nitrogens is 2. The van der Waals surface area contributed by atoms with Gasteiger partial charge in [0.25, 0.3) is 0 Å². The molecule has 0 spiro atoms. The molecule has 144 valence electrons. The lowest BCUT2D eigenvalue weighted by Gasteiger charge is -2.28. The summed E-state index contributed by atoms with van der Waals surface area (Å²) in [6, 6.07) is 1.34. The maximum Gasteiger partial charge on any atom is 0.341 e. The molecule has 8 heteroatoms. The van der Waals surface area contributed by atoms with Gasteiger partial charge in [-0.1, -0.05) is 0 Å². The molecule has 0 amide bonds. The number of carboxylic acid groups (broad SMARTS) is 1. The highest BCUT2D eigenvalue weighted by Crippen LogP contribution is 2.37. The predicted octanol–water partition coefficient (Wildman–Crippen LogP) is 2.50. The van der Waals surface area contributed by atoms with Gasteiger partial charge in [-0.2, -0.15) is 0 Å². The lowest BCUT2D eigenvalue weighted by molar-refractivity contribution is 0.0695. The van der Waals surface area contributed by atoms with Crippen LogP contribution in [0.2, 0.25) is 0 Å². The van der Waals surface area contributed by atoms with Crippen LogP contribution in [0, 0.1) is 11.7 Å². The molecule has 4 N–H and O–H groups in total. The van der Waals surface area contributed by atoms with E-state index in [0.717, 1.165) is 44.6 Å². The summed E-state index contributed by atoms with van der Waals surface area (Å²) < 4.78 is 16.3. The van der Waals surface area contributed by atoms with Crippen LogP contribution in [0.15, 0.2) is 17.1 Å². The molecule has 2 heterocycles. The minimum Gasteiger partial charge on any atom is -0.477 e. The number of nitrogens with zero attached hydrogens (tertiary/aromatic N) is 2. The van der Waals surface area contributed by atoms with Gasteiger partial charge < -0.3 is 20.7 Å². The lowest BCUT2D eigenvalue weighted by Crippen LogP contribution is -2.30. The first kappa shape index (κ1) is 17.9. The van der Waals surface area contributed by atoms with Gasteiger partial charge in [0.05, 0.1) is 5.39 Å². The van der Waals surface area contributed by atoms with Crippen molar-refractivity contribution in [2.75, 3.05) is 11.9 Å². The second kappa shape index (κ2) is 6.92. The fraction of sp³-hybridized carbons (Fsp3) is 0.526. The predicted molar refractivity (Wildman–Crippen MR) is 99.6 cm³/mol. The molecule has 0 radical (unpaired) electrons. The van der Waals surface area contributed by atoms with Crippen LogP contribution in [0.5, 0.6) is 0 Å². The van der Waals surface area contributed by atoms with Crippen LogP contribution in [0.1, 0.15) is 54.9 Å². The zero-order valence-electron chi connectivity index (χ0n) is 14.9. The van der Waals surface area contributed by atoms with E-state index in [1.54, 1.807) is 4.57 Å². The van der Waals surface area contributed by atoms with Crippen molar-refractivity contribution in [2.45, 2.75) is 50.6 Å². The largest absolute Gasteiger partial charge is 0.477 e. The smallest absolute Gasteiger partial charge is 0.341 e. The molecule has 2 fully saturated rings. The Morgan fingerprint density at radius 2 is 2.00 bits per heavy atom. The van der Waals surface area contributed by atoms with E-state index >= 15 is 0 Å². The van der Waals surface area contributed by atoms with E-state index in [1.807, 2.05) is 0 Å².